The van der Waals surface area contributed by atoms with Gasteiger partial charge in [-0.1, -0.05) is 6.92 Å². The first-order valence-electron chi connectivity index (χ1n) is 9.00. The summed E-state index contributed by atoms with van der Waals surface area (Å²) in [6.45, 7) is 6.93. The van der Waals surface area contributed by atoms with Gasteiger partial charge in [0.1, 0.15) is 11.3 Å². The van der Waals surface area contributed by atoms with Crippen molar-refractivity contribution in [2.75, 3.05) is 33.2 Å². The molecule has 0 saturated carbocycles. The lowest BCUT2D eigenvalue weighted by Crippen LogP contribution is -2.29. The van der Waals surface area contributed by atoms with E-state index in [1.54, 1.807) is 0 Å². The SMILES string of the molecule is CCN1CCC(n2c(CC3CCCN3C)nc3cccnc32)C1. The van der Waals surface area contributed by atoms with Gasteiger partial charge in [0.15, 0.2) is 5.65 Å². The Labute approximate surface area is 138 Å². The maximum Gasteiger partial charge on any atom is 0.160 e. The number of rotatable bonds is 4. The van der Waals surface area contributed by atoms with Crippen molar-refractivity contribution in [1.82, 2.24) is 24.3 Å². The molecule has 0 aliphatic carbocycles. The highest BCUT2D eigenvalue weighted by atomic mass is 15.2. The number of imidazole rings is 1. The number of likely N-dealkylation sites (tertiary alicyclic amines) is 2. The Bertz CT molecular complexity index is 679. The first-order chi connectivity index (χ1) is 11.3. The molecule has 0 spiro atoms. The number of aromatic nitrogens is 3. The first kappa shape index (κ1) is 15.1. The van der Waals surface area contributed by atoms with Crippen LogP contribution in [0.5, 0.6) is 0 Å². The number of pyridine rings is 1. The van der Waals surface area contributed by atoms with Gasteiger partial charge in [-0.05, 0) is 51.5 Å². The third kappa shape index (κ3) is 2.76. The second-order valence-corrected chi connectivity index (χ2v) is 7.06. The third-order valence-corrected chi connectivity index (χ3v) is 5.67. The summed E-state index contributed by atoms with van der Waals surface area (Å²) >= 11 is 0. The summed E-state index contributed by atoms with van der Waals surface area (Å²) in [6, 6.07) is 5.26. The molecule has 2 fully saturated rings. The van der Waals surface area contributed by atoms with Gasteiger partial charge in [0, 0.05) is 31.7 Å². The molecule has 0 aromatic carbocycles. The Morgan fingerprint density at radius 2 is 2.17 bits per heavy atom. The van der Waals surface area contributed by atoms with E-state index in [2.05, 4.69) is 39.4 Å². The van der Waals surface area contributed by atoms with Crippen LogP contribution in [-0.2, 0) is 6.42 Å². The minimum atomic E-state index is 0.525. The molecule has 5 nitrogen and oxygen atoms in total. The van der Waals surface area contributed by atoms with Crippen molar-refractivity contribution in [3.05, 3.63) is 24.2 Å². The zero-order valence-electron chi connectivity index (χ0n) is 14.3. The smallest absolute Gasteiger partial charge is 0.160 e. The summed E-state index contributed by atoms with van der Waals surface area (Å²) in [5, 5.41) is 0. The lowest BCUT2D eigenvalue weighted by Gasteiger charge is -2.22. The van der Waals surface area contributed by atoms with E-state index in [0.717, 1.165) is 30.7 Å². The van der Waals surface area contributed by atoms with E-state index < -0.39 is 0 Å². The number of hydrogen-bond donors (Lipinski definition) is 0. The summed E-state index contributed by atoms with van der Waals surface area (Å²) in [5.41, 5.74) is 2.13. The highest BCUT2D eigenvalue weighted by molar-refractivity contribution is 5.71. The fourth-order valence-corrected chi connectivity index (χ4v) is 4.26. The van der Waals surface area contributed by atoms with Crippen LogP contribution in [0.25, 0.3) is 11.2 Å². The van der Waals surface area contributed by atoms with Gasteiger partial charge in [-0.2, -0.15) is 0 Å². The predicted octanol–water partition coefficient (Wildman–Crippen LogP) is 2.33. The first-order valence-corrected chi connectivity index (χ1v) is 9.00. The number of nitrogens with zero attached hydrogens (tertiary/aromatic N) is 5. The standard InChI is InChI=1S/C18H27N5/c1-3-22-11-8-15(13-22)23-17(12-14-6-5-10-21(14)2)20-16-7-4-9-19-18(16)23/h4,7,9,14-15H,3,5-6,8,10-13H2,1-2H3. The molecule has 0 radical (unpaired) electrons. The van der Waals surface area contributed by atoms with E-state index in [-0.39, 0.29) is 0 Å². The largest absolute Gasteiger partial charge is 0.308 e. The Morgan fingerprint density at radius 1 is 1.26 bits per heavy atom. The average molecular weight is 313 g/mol. The molecule has 4 rings (SSSR count). The van der Waals surface area contributed by atoms with E-state index in [0.29, 0.717) is 12.1 Å². The highest BCUT2D eigenvalue weighted by Crippen LogP contribution is 2.29. The molecule has 2 saturated heterocycles. The topological polar surface area (TPSA) is 37.2 Å². The van der Waals surface area contributed by atoms with E-state index >= 15 is 0 Å². The van der Waals surface area contributed by atoms with Crippen LogP contribution in [0.3, 0.4) is 0 Å². The average Bonchev–Trinajstić information content (AvgIpc) is 3.26. The molecular formula is C18H27N5. The normalized spacial score (nSPS) is 26.5. The second-order valence-electron chi connectivity index (χ2n) is 7.06. The molecule has 2 aromatic heterocycles. The van der Waals surface area contributed by atoms with Gasteiger partial charge < -0.3 is 14.4 Å². The Morgan fingerprint density at radius 3 is 2.91 bits per heavy atom. The van der Waals surface area contributed by atoms with Gasteiger partial charge in [0.05, 0.1) is 6.04 Å². The number of likely N-dealkylation sites (N-methyl/N-ethyl adjacent to an activating group) is 2. The van der Waals surface area contributed by atoms with Crippen LogP contribution >= 0.6 is 0 Å². The van der Waals surface area contributed by atoms with Crippen LogP contribution in [0.1, 0.15) is 38.1 Å². The van der Waals surface area contributed by atoms with Crippen LogP contribution < -0.4 is 0 Å². The maximum absolute atomic E-state index is 4.96. The zero-order valence-corrected chi connectivity index (χ0v) is 14.3. The third-order valence-electron chi connectivity index (χ3n) is 5.67. The van der Waals surface area contributed by atoms with Crippen LogP contribution in [-0.4, -0.2) is 63.6 Å². The van der Waals surface area contributed by atoms with Crippen LogP contribution in [0.4, 0.5) is 0 Å². The molecule has 0 N–H and O–H groups in total. The van der Waals surface area contributed by atoms with Gasteiger partial charge in [-0.3, -0.25) is 0 Å². The number of fused-ring (bicyclic) bond motifs is 1. The molecule has 0 amide bonds. The molecular weight excluding hydrogens is 286 g/mol. The van der Waals surface area contributed by atoms with Crippen molar-refractivity contribution < 1.29 is 0 Å². The van der Waals surface area contributed by atoms with E-state index in [1.807, 2.05) is 12.3 Å². The van der Waals surface area contributed by atoms with Gasteiger partial charge in [0.2, 0.25) is 0 Å². The van der Waals surface area contributed by atoms with Crippen molar-refractivity contribution in [3.8, 4) is 0 Å². The van der Waals surface area contributed by atoms with Crippen molar-refractivity contribution >= 4 is 11.2 Å². The van der Waals surface area contributed by atoms with E-state index in [1.165, 1.54) is 38.2 Å². The minimum absolute atomic E-state index is 0.525. The molecule has 2 aromatic rings. The van der Waals surface area contributed by atoms with Gasteiger partial charge in [-0.25, -0.2) is 9.97 Å². The fraction of sp³-hybridized carbons (Fsp3) is 0.667. The molecule has 2 unspecified atom stereocenters. The highest BCUT2D eigenvalue weighted by Gasteiger charge is 2.29. The zero-order chi connectivity index (χ0) is 15.8. The monoisotopic (exact) mass is 313 g/mol. The number of hydrogen-bond acceptors (Lipinski definition) is 4. The summed E-state index contributed by atoms with van der Waals surface area (Å²) in [4.78, 5) is 14.6. The second kappa shape index (κ2) is 6.21. The van der Waals surface area contributed by atoms with Gasteiger partial charge in [0.25, 0.3) is 0 Å². The summed E-state index contributed by atoms with van der Waals surface area (Å²) in [7, 11) is 2.25. The molecule has 2 aliphatic heterocycles. The molecule has 2 aliphatic rings. The molecule has 2 atom stereocenters. The lowest BCUT2D eigenvalue weighted by molar-refractivity contribution is 0.299. The van der Waals surface area contributed by atoms with Gasteiger partial charge in [-0.15, -0.1) is 0 Å². The Kier molecular flexibility index (Phi) is 4.07. The van der Waals surface area contributed by atoms with E-state index in [9.17, 15) is 0 Å². The lowest BCUT2D eigenvalue weighted by atomic mass is 10.1. The predicted molar refractivity (Wildman–Crippen MR) is 92.7 cm³/mol. The van der Waals surface area contributed by atoms with Crippen LogP contribution in [0.2, 0.25) is 0 Å². The summed E-state index contributed by atoms with van der Waals surface area (Å²) in [5.74, 6) is 1.24. The van der Waals surface area contributed by atoms with Crippen molar-refractivity contribution in [3.63, 3.8) is 0 Å². The van der Waals surface area contributed by atoms with Crippen molar-refractivity contribution in [2.45, 2.75) is 44.7 Å². The molecule has 4 heterocycles. The van der Waals surface area contributed by atoms with Crippen molar-refractivity contribution in [2.24, 2.45) is 0 Å². The molecule has 124 valence electrons. The molecule has 5 heteroatoms. The van der Waals surface area contributed by atoms with Crippen molar-refractivity contribution in [1.29, 1.82) is 0 Å². The quantitative estimate of drug-likeness (QED) is 0.868. The summed E-state index contributed by atoms with van der Waals surface area (Å²) < 4.78 is 2.46. The molecule has 23 heavy (non-hydrogen) atoms. The Hall–Kier alpha value is -1.46. The maximum atomic E-state index is 4.96. The van der Waals surface area contributed by atoms with Crippen LogP contribution in [0.15, 0.2) is 18.3 Å². The van der Waals surface area contributed by atoms with Crippen LogP contribution in [0, 0.1) is 0 Å². The fourth-order valence-electron chi connectivity index (χ4n) is 4.26. The van der Waals surface area contributed by atoms with Gasteiger partial charge >= 0.3 is 0 Å². The molecule has 0 bridgehead atoms. The summed E-state index contributed by atoms with van der Waals surface area (Å²) in [6.07, 6.45) is 6.77. The minimum Gasteiger partial charge on any atom is -0.308 e. The Balaban J connectivity index is 1.70. The van der Waals surface area contributed by atoms with E-state index in [4.69, 9.17) is 4.98 Å².